The number of rotatable bonds is 6. The predicted molar refractivity (Wildman–Crippen MR) is 126 cm³/mol. The van der Waals surface area contributed by atoms with Crippen molar-refractivity contribution in [1.29, 1.82) is 0 Å². The van der Waals surface area contributed by atoms with Crippen LogP contribution >= 0.6 is 0 Å². The van der Waals surface area contributed by atoms with Crippen LogP contribution < -0.4 is 0 Å². The fraction of sp³-hybridized carbons (Fsp3) is 0.852. The molecule has 0 bridgehead atoms. The van der Waals surface area contributed by atoms with E-state index < -0.39 is 24.5 Å². The first-order chi connectivity index (χ1) is 16.0. The van der Waals surface area contributed by atoms with Gasteiger partial charge in [0.2, 0.25) is 0 Å². The van der Waals surface area contributed by atoms with Crippen molar-refractivity contribution in [3.8, 4) is 0 Å². The lowest BCUT2D eigenvalue weighted by molar-refractivity contribution is -0.266. The van der Waals surface area contributed by atoms with E-state index in [0.717, 1.165) is 30.6 Å². The third kappa shape index (κ3) is 10.2. The molecular formula is C27H44F6O. The third-order valence-corrected chi connectivity index (χ3v) is 8.08. The zero-order valence-corrected chi connectivity index (χ0v) is 21.1. The minimum Gasteiger partial charge on any atom is -0.406 e. The zero-order chi connectivity index (χ0) is 25.9. The van der Waals surface area contributed by atoms with Crippen molar-refractivity contribution in [2.45, 2.75) is 103 Å². The Labute approximate surface area is 202 Å². The van der Waals surface area contributed by atoms with E-state index in [4.69, 9.17) is 0 Å². The fourth-order valence-corrected chi connectivity index (χ4v) is 6.00. The van der Waals surface area contributed by atoms with Crippen LogP contribution in [0.15, 0.2) is 24.7 Å². The molecule has 0 N–H and O–H groups in total. The minimum atomic E-state index is -3.41. The van der Waals surface area contributed by atoms with Crippen LogP contribution in [0.1, 0.15) is 90.9 Å². The number of hydrogen-bond acceptors (Lipinski definition) is 1. The molecule has 200 valence electrons. The van der Waals surface area contributed by atoms with Gasteiger partial charge in [-0.05, 0) is 113 Å². The van der Waals surface area contributed by atoms with E-state index in [0.29, 0.717) is 31.9 Å². The lowest BCUT2D eigenvalue weighted by Gasteiger charge is -2.41. The minimum absolute atomic E-state index is 0.0741. The van der Waals surface area contributed by atoms with Crippen molar-refractivity contribution in [2.24, 2.45) is 35.5 Å². The standard InChI is InChI=1S/C22H35F3O.C4H6F2.CH3F/c1-15-3-5-17(6-4-15)18-7-9-19(10-8-18)20-11-13-21(14-12-20)22(24,25)26-16(2)23;1-3(2)4(5)6;1-2/h15,17-21H,2-14H2,1H3;4H,1H2,2H3;1H3. The molecule has 3 fully saturated rings. The summed E-state index contributed by atoms with van der Waals surface area (Å²) in [5, 5.41) is 0. The summed E-state index contributed by atoms with van der Waals surface area (Å²) >= 11 is 0. The van der Waals surface area contributed by atoms with E-state index in [-0.39, 0.29) is 5.57 Å². The van der Waals surface area contributed by atoms with Gasteiger partial charge < -0.3 is 4.74 Å². The van der Waals surface area contributed by atoms with Crippen molar-refractivity contribution < 1.29 is 31.1 Å². The molecule has 0 unspecified atom stereocenters. The van der Waals surface area contributed by atoms with E-state index in [1.54, 1.807) is 0 Å². The molecule has 0 aromatic heterocycles. The summed E-state index contributed by atoms with van der Waals surface area (Å²) in [6, 6.07) is -1.38. The maximum atomic E-state index is 13.9. The molecule has 0 aromatic rings. The van der Waals surface area contributed by atoms with Crippen molar-refractivity contribution in [1.82, 2.24) is 0 Å². The molecule has 3 saturated carbocycles. The van der Waals surface area contributed by atoms with Gasteiger partial charge in [-0.1, -0.05) is 26.3 Å². The molecule has 0 aliphatic heterocycles. The van der Waals surface area contributed by atoms with Gasteiger partial charge in [-0.3, -0.25) is 4.39 Å². The highest BCUT2D eigenvalue weighted by atomic mass is 19.3. The van der Waals surface area contributed by atoms with E-state index in [1.165, 1.54) is 58.3 Å². The summed E-state index contributed by atoms with van der Waals surface area (Å²) in [6.45, 7) is 9.48. The second kappa shape index (κ2) is 15.1. The lowest BCUT2D eigenvalue weighted by atomic mass is 9.65. The van der Waals surface area contributed by atoms with Gasteiger partial charge in [0, 0.05) is 0 Å². The topological polar surface area (TPSA) is 9.23 Å². The van der Waals surface area contributed by atoms with Crippen LogP contribution in [0.4, 0.5) is 26.3 Å². The molecule has 0 heterocycles. The number of hydrogen-bond donors (Lipinski definition) is 0. The third-order valence-electron chi connectivity index (χ3n) is 8.08. The molecule has 34 heavy (non-hydrogen) atoms. The van der Waals surface area contributed by atoms with Gasteiger partial charge >= 0.3 is 6.11 Å². The van der Waals surface area contributed by atoms with Crippen LogP contribution in [0.25, 0.3) is 0 Å². The number of alkyl halides is 5. The monoisotopic (exact) mass is 498 g/mol. The van der Waals surface area contributed by atoms with Gasteiger partial charge in [-0.2, -0.15) is 13.2 Å². The van der Waals surface area contributed by atoms with Crippen molar-refractivity contribution in [3.63, 3.8) is 0 Å². The van der Waals surface area contributed by atoms with E-state index in [2.05, 4.69) is 24.8 Å². The molecule has 3 aliphatic rings. The highest BCUT2D eigenvalue weighted by molar-refractivity contribution is 4.90. The summed E-state index contributed by atoms with van der Waals surface area (Å²) in [5.41, 5.74) is -0.0741. The molecule has 7 heteroatoms. The molecule has 1 nitrogen and oxygen atoms in total. The molecule has 3 aliphatic carbocycles. The van der Waals surface area contributed by atoms with Crippen molar-refractivity contribution in [3.05, 3.63) is 24.7 Å². The van der Waals surface area contributed by atoms with E-state index in [1.807, 2.05) is 0 Å². The normalized spacial score (nSPS) is 31.9. The smallest absolute Gasteiger partial charge is 0.402 e. The van der Waals surface area contributed by atoms with Crippen LogP contribution in [0.2, 0.25) is 0 Å². The molecule has 0 atom stereocenters. The van der Waals surface area contributed by atoms with E-state index >= 15 is 0 Å². The Morgan fingerprint density at radius 2 is 1.03 bits per heavy atom. The van der Waals surface area contributed by atoms with Crippen LogP contribution in [0.3, 0.4) is 0 Å². The van der Waals surface area contributed by atoms with Gasteiger partial charge in [0.25, 0.3) is 12.4 Å². The first-order valence-electron chi connectivity index (χ1n) is 12.7. The Hall–Kier alpha value is -1.14. The van der Waals surface area contributed by atoms with Gasteiger partial charge in [0.15, 0.2) is 0 Å². The zero-order valence-electron chi connectivity index (χ0n) is 21.1. The predicted octanol–water partition coefficient (Wildman–Crippen LogP) is 9.89. The Morgan fingerprint density at radius 1 is 0.735 bits per heavy atom. The van der Waals surface area contributed by atoms with Gasteiger partial charge in [0.1, 0.15) is 0 Å². The van der Waals surface area contributed by atoms with Crippen LogP contribution in [0.5, 0.6) is 0 Å². The fourth-order valence-electron chi connectivity index (χ4n) is 6.00. The summed E-state index contributed by atoms with van der Waals surface area (Å²) < 4.78 is 76.1. The molecule has 3 rings (SSSR count). The molecule has 0 spiro atoms. The average Bonchev–Trinajstić information content (AvgIpc) is 2.81. The second-order valence-electron chi connectivity index (χ2n) is 10.5. The Balaban J connectivity index is 0.000000631. The van der Waals surface area contributed by atoms with Gasteiger partial charge in [0.05, 0.1) is 13.1 Å². The summed E-state index contributed by atoms with van der Waals surface area (Å²) in [7, 11) is 0.500. The maximum absolute atomic E-state index is 13.9. The quantitative estimate of drug-likeness (QED) is 0.201. The SMILES string of the molecule is C=C(C)C(F)F.C=C(F)OC(F)(F)C1CCC(C2CCC(C3CCC(C)CC3)CC2)CC1.CF. The first kappa shape index (κ1) is 30.9. The van der Waals surface area contributed by atoms with Crippen LogP contribution in [-0.4, -0.2) is 19.7 Å². The van der Waals surface area contributed by atoms with E-state index in [9.17, 15) is 26.3 Å². The highest BCUT2D eigenvalue weighted by Gasteiger charge is 2.45. The molecule has 0 amide bonds. The lowest BCUT2D eigenvalue weighted by Crippen LogP contribution is -2.36. The molecular weight excluding hydrogens is 454 g/mol. The number of halogens is 6. The van der Waals surface area contributed by atoms with Crippen LogP contribution in [-0.2, 0) is 4.74 Å². The molecule has 0 saturated heterocycles. The van der Waals surface area contributed by atoms with Gasteiger partial charge in [-0.15, -0.1) is 0 Å². The largest absolute Gasteiger partial charge is 0.406 e. The summed E-state index contributed by atoms with van der Waals surface area (Å²) in [4.78, 5) is 0. The van der Waals surface area contributed by atoms with Crippen molar-refractivity contribution in [2.75, 3.05) is 7.18 Å². The highest BCUT2D eigenvalue weighted by Crippen LogP contribution is 2.48. The summed E-state index contributed by atoms with van der Waals surface area (Å²) in [5.74, 6) is 3.17. The van der Waals surface area contributed by atoms with Gasteiger partial charge in [-0.25, -0.2) is 8.78 Å². The second-order valence-corrected chi connectivity index (χ2v) is 10.5. The number of ether oxygens (including phenoxy) is 1. The molecule has 0 aromatic carbocycles. The summed E-state index contributed by atoms with van der Waals surface area (Å²) in [6.07, 6.45) is 7.64. The Bertz CT molecular complexity index is 584. The van der Waals surface area contributed by atoms with Crippen LogP contribution in [0, 0.1) is 35.5 Å². The Morgan fingerprint density at radius 3 is 1.32 bits per heavy atom. The average molecular weight is 499 g/mol. The Kier molecular flexibility index (Phi) is 13.7. The first-order valence-corrected chi connectivity index (χ1v) is 12.7. The molecule has 0 radical (unpaired) electrons. The number of allylic oxidation sites excluding steroid dienone is 1. The maximum Gasteiger partial charge on any atom is 0.402 e. The van der Waals surface area contributed by atoms with Crippen molar-refractivity contribution >= 4 is 0 Å².